The number of carbonyl (C=O) groups is 1. The average molecular weight is 346 g/mol. The molecule has 5 heteroatoms. The molecule has 130 valence electrons. The Bertz CT molecular complexity index is 595. The highest BCUT2D eigenvalue weighted by Crippen LogP contribution is 2.30. The minimum Gasteiger partial charge on any atom is -0.350 e. The number of anilines is 1. The van der Waals surface area contributed by atoms with Gasteiger partial charge in [-0.1, -0.05) is 37.2 Å². The molecule has 1 heterocycles. The number of benzene rings is 1. The van der Waals surface area contributed by atoms with Gasteiger partial charge in [0.25, 0.3) is 0 Å². The fourth-order valence-electron chi connectivity index (χ4n) is 2.79. The van der Waals surface area contributed by atoms with Crippen molar-refractivity contribution in [3.63, 3.8) is 0 Å². The number of thioether (sulfide) groups is 1. The zero-order valence-corrected chi connectivity index (χ0v) is 15.4. The number of amidine groups is 1. The van der Waals surface area contributed by atoms with Gasteiger partial charge in [-0.3, -0.25) is 9.79 Å². The molecule has 1 aromatic rings. The molecular formula is C19H27N3OS. The van der Waals surface area contributed by atoms with Gasteiger partial charge in [0, 0.05) is 31.0 Å². The Labute approximate surface area is 149 Å². The number of aliphatic imine (C=N–C) groups is 1. The maximum absolute atomic E-state index is 12.3. The van der Waals surface area contributed by atoms with Gasteiger partial charge in [-0.25, -0.2) is 0 Å². The fraction of sp³-hybridized carbons (Fsp3) is 0.579. The summed E-state index contributed by atoms with van der Waals surface area (Å²) in [7, 11) is 2.06. The maximum atomic E-state index is 12.3. The summed E-state index contributed by atoms with van der Waals surface area (Å²) in [5.74, 6) is 1.03. The van der Waals surface area contributed by atoms with Gasteiger partial charge in [-0.15, -0.1) is 0 Å². The lowest BCUT2D eigenvalue weighted by atomic mass is 10.1. The van der Waals surface area contributed by atoms with Crippen LogP contribution in [0.1, 0.15) is 44.6 Å². The number of carbonyl (C=O) groups excluding carboxylic acids is 1. The Kier molecular flexibility index (Phi) is 5.82. The first kappa shape index (κ1) is 17.3. The molecule has 1 saturated heterocycles. The van der Waals surface area contributed by atoms with Gasteiger partial charge >= 0.3 is 0 Å². The first-order chi connectivity index (χ1) is 11.7. The zero-order valence-electron chi connectivity index (χ0n) is 14.6. The number of nitrogens with one attached hydrogen (secondary N) is 1. The monoisotopic (exact) mass is 345 g/mol. The van der Waals surface area contributed by atoms with Crippen LogP contribution in [-0.2, 0) is 11.2 Å². The van der Waals surface area contributed by atoms with Crippen LogP contribution in [0.15, 0.2) is 29.3 Å². The summed E-state index contributed by atoms with van der Waals surface area (Å²) in [4.78, 5) is 19.2. The number of nitrogens with zero attached hydrogens (tertiary/aromatic N) is 2. The summed E-state index contributed by atoms with van der Waals surface area (Å²) in [6, 6.07) is 9.03. The second-order valence-electron chi connectivity index (χ2n) is 6.77. The van der Waals surface area contributed by atoms with Gasteiger partial charge < -0.3 is 10.2 Å². The van der Waals surface area contributed by atoms with Gasteiger partial charge in [0.15, 0.2) is 5.17 Å². The van der Waals surface area contributed by atoms with Gasteiger partial charge in [0.05, 0.1) is 6.04 Å². The summed E-state index contributed by atoms with van der Waals surface area (Å²) < 4.78 is 0. The van der Waals surface area contributed by atoms with Crippen LogP contribution in [0.4, 0.5) is 5.69 Å². The van der Waals surface area contributed by atoms with E-state index in [0.717, 1.165) is 23.0 Å². The Morgan fingerprint density at radius 1 is 1.33 bits per heavy atom. The van der Waals surface area contributed by atoms with E-state index in [9.17, 15) is 4.79 Å². The molecule has 1 amide bonds. The largest absolute Gasteiger partial charge is 0.350 e. The van der Waals surface area contributed by atoms with Crippen molar-refractivity contribution in [1.82, 2.24) is 4.90 Å². The highest BCUT2D eigenvalue weighted by molar-refractivity contribution is 8.14. The summed E-state index contributed by atoms with van der Waals surface area (Å²) in [6.45, 7) is 2.20. The number of hydrogen-bond donors (Lipinski definition) is 1. The first-order valence-corrected chi connectivity index (χ1v) is 9.96. The molecule has 2 aliphatic rings. The Morgan fingerprint density at radius 2 is 2.08 bits per heavy atom. The van der Waals surface area contributed by atoms with Crippen molar-refractivity contribution >= 4 is 28.5 Å². The molecule has 0 aromatic heterocycles. The molecule has 1 aliphatic heterocycles. The minimum absolute atomic E-state index is 0.0847. The molecule has 0 radical (unpaired) electrons. The molecule has 1 aromatic carbocycles. The first-order valence-electron chi connectivity index (χ1n) is 8.98. The van der Waals surface area contributed by atoms with Crippen molar-refractivity contribution in [2.24, 2.45) is 4.99 Å². The number of amides is 1. The molecular weight excluding hydrogens is 318 g/mol. The minimum atomic E-state index is 0.0847. The lowest BCUT2D eigenvalue weighted by molar-refractivity contribution is -0.116. The number of hydrogen-bond acceptors (Lipinski definition) is 3. The van der Waals surface area contributed by atoms with Crippen LogP contribution in [0.5, 0.6) is 0 Å². The summed E-state index contributed by atoms with van der Waals surface area (Å²) in [6.07, 6.45) is 6.48. The standard InChI is InChI=1S/C19H27N3OS/c1-3-4-5-14-6-8-15(9-7-14)20-18(23)12-17-13-24-19(22(17)2)21-16-10-11-16/h6-9,16-17H,3-5,10-13H2,1-2H3,(H,20,23). The van der Waals surface area contributed by atoms with Gasteiger partial charge in [-0.05, 0) is 43.4 Å². The van der Waals surface area contributed by atoms with E-state index >= 15 is 0 Å². The Balaban J connectivity index is 1.48. The molecule has 1 saturated carbocycles. The van der Waals surface area contributed by atoms with Gasteiger partial charge in [0.2, 0.25) is 5.91 Å². The van der Waals surface area contributed by atoms with Crippen molar-refractivity contribution in [3.05, 3.63) is 29.8 Å². The third-order valence-electron chi connectivity index (χ3n) is 4.57. The van der Waals surface area contributed by atoms with Crippen molar-refractivity contribution in [2.45, 2.75) is 57.5 Å². The topological polar surface area (TPSA) is 44.7 Å². The molecule has 24 heavy (non-hydrogen) atoms. The third kappa shape index (κ3) is 4.76. The lowest BCUT2D eigenvalue weighted by Gasteiger charge is -2.20. The second-order valence-corrected chi connectivity index (χ2v) is 7.76. The number of rotatable bonds is 7. The van der Waals surface area contributed by atoms with Crippen LogP contribution in [0, 0.1) is 0 Å². The van der Waals surface area contributed by atoms with Gasteiger partial charge in [0.1, 0.15) is 0 Å². The summed E-state index contributed by atoms with van der Waals surface area (Å²) >= 11 is 1.78. The lowest BCUT2D eigenvalue weighted by Crippen LogP contribution is -2.33. The molecule has 0 spiro atoms. The quantitative estimate of drug-likeness (QED) is 0.814. The van der Waals surface area contributed by atoms with E-state index in [1.54, 1.807) is 11.8 Å². The van der Waals surface area contributed by atoms with E-state index in [0.29, 0.717) is 12.5 Å². The molecule has 1 aliphatic carbocycles. The smallest absolute Gasteiger partial charge is 0.226 e. The number of aryl methyl sites for hydroxylation is 1. The maximum Gasteiger partial charge on any atom is 0.226 e. The van der Waals surface area contributed by atoms with E-state index in [-0.39, 0.29) is 11.9 Å². The summed E-state index contributed by atoms with van der Waals surface area (Å²) in [5.41, 5.74) is 2.23. The Morgan fingerprint density at radius 3 is 2.75 bits per heavy atom. The van der Waals surface area contributed by atoms with E-state index in [1.807, 2.05) is 12.1 Å². The predicted octanol–water partition coefficient (Wildman–Crippen LogP) is 3.92. The van der Waals surface area contributed by atoms with E-state index in [4.69, 9.17) is 4.99 Å². The van der Waals surface area contributed by atoms with E-state index < -0.39 is 0 Å². The van der Waals surface area contributed by atoms with Gasteiger partial charge in [-0.2, -0.15) is 0 Å². The Hall–Kier alpha value is -1.49. The SMILES string of the molecule is CCCCc1ccc(NC(=O)CC2CSC(=NC3CC3)N2C)cc1. The van der Waals surface area contributed by atoms with Crippen LogP contribution >= 0.6 is 11.8 Å². The second kappa shape index (κ2) is 8.06. The number of unbranched alkanes of at least 4 members (excludes halogenated alkanes) is 1. The van der Waals surface area contributed by atoms with Crippen LogP contribution < -0.4 is 5.32 Å². The molecule has 3 rings (SSSR count). The average Bonchev–Trinajstić information content (AvgIpc) is 3.34. The van der Waals surface area contributed by atoms with Crippen molar-refractivity contribution < 1.29 is 4.79 Å². The molecule has 1 unspecified atom stereocenters. The van der Waals surface area contributed by atoms with Crippen molar-refractivity contribution in [1.29, 1.82) is 0 Å². The normalized spacial score (nSPS) is 22.2. The highest BCUT2D eigenvalue weighted by Gasteiger charge is 2.31. The van der Waals surface area contributed by atoms with Crippen LogP contribution in [-0.4, -0.2) is 40.9 Å². The molecule has 0 bridgehead atoms. The summed E-state index contributed by atoms with van der Waals surface area (Å²) in [5, 5.41) is 4.13. The van der Waals surface area contributed by atoms with E-state index in [2.05, 4.69) is 36.3 Å². The van der Waals surface area contributed by atoms with Crippen LogP contribution in [0.25, 0.3) is 0 Å². The molecule has 4 nitrogen and oxygen atoms in total. The molecule has 2 fully saturated rings. The highest BCUT2D eigenvalue weighted by atomic mass is 32.2. The molecule has 1 N–H and O–H groups in total. The van der Waals surface area contributed by atoms with Crippen molar-refractivity contribution in [2.75, 3.05) is 18.1 Å². The van der Waals surface area contributed by atoms with E-state index in [1.165, 1.54) is 31.2 Å². The van der Waals surface area contributed by atoms with Crippen molar-refractivity contribution in [3.8, 4) is 0 Å². The van der Waals surface area contributed by atoms with Crippen LogP contribution in [0.2, 0.25) is 0 Å². The third-order valence-corrected chi connectivity index (χ3v) is 5.77. The zero-order chi connectivity index (χ0) is 16.9. The molecule has 1 atom stereocenters. The van der Waals surface area contributed by atoms with Crippen LogP contribution in [0.3, 0.4) is 0 Å². The predicted molar refractivity (Wildman–Crippen MR) is 103 cm³/mol. The fourth-order valence-corrected chi connectivity index (χ4v) is 4.05.